The van der Waals surface area contributed by atoms with Gasteiger partial charge in [-0.1, -0.05) is 38.1 Å². The number of fused-ring (bicyclic) bond motifs is 1. The number of aliphatic hydroxyl groups is 1. The highest BCUT2D eigenvalue weighted by molar-refractivity contribution is 6.83. The van der Waals surface area contributed by atoms with Crippen LogP contribution in [0.15, 0.2) is 11.6 Å². The average Bonchev–Trinajstić information content (AvgIpc) is 2.53. The van der Waals surface area contributed by atoms with E-state index >= 15 is 0 Å². The zero-order chi connectivity index (χ0) is 13.6. The van der Waals surface area contributed by atoms with Crippen molar-refractivity contribution >= 4 is 13.9 Å². The second-order valence-corrected chi connectivity index (χ2v) is 11.5. The summed E-state index contributed by atoms with van der Waals surface area (Å²) >= 11 is 0. The van der Waals surface area contributed by atoms with E-state index in [0.29, 0.717) is 12.8 Å². The standard InChI is InChI=1S/C15H22O2Si/c1-11-9-13(16)10-12-5-6-15(17,14(11)12)7-8-18(2,3)4/h10-11,14,17H,5-6,9H2,1-4H3/t11?,14-,15+/m0/s1. The Morgan fingerprint density at radius 1 is 1.44 bits per heavy atom. The maximum absolute atomic E-state index is 11.6. The predicted molar refractivity (Wildman–Crippen MR) is 75.7 cm³/mol. The van der Waals surface area contributed by atoms with E-state index in [-0.39, 0.29) is 17.6 Å². The third-order valence-corrected chi connectivity index (χ3v) is 4.68. The Balaban J connectivity index is 2.33. The molecule has 1 unspecified atom stereocenters. The Hall–Kier alpha value is -0.853. The summed E-state index contributed by atoms with van der Waals surface area (Å²) in [4.78, 5) is 11.6. The van der Waals surface area contributed by atoms with Crippen LogP contribution in [0.5, 0.6) is 0 Å². The molecule has 0 amide bonds. The van der Waals surface area contributed by atoms with E-state index in [1.54, 1.807) is 6.08 Å². The number of carbonyl (C=O) groups excluding carboxylic acids is 1. The predicted octanol–water partition coefficient (Wildman–Crippen LogP) is 2.54. The molecule has 0 aromatic heterocycles. The van der Waals surface area contributed by atoms with Crippen molar-refractivity contribution in [2.75, 3.05) is 0 Å². The van der Waals surface area contributed by atoms with Crippen LogP contribution in [0, 0.1) is 23.3 Å². The number of hydrogen-bond acceptors (Lipinski definition) is 2. The fourth-order valence-corrected chi connectivity index (χ4v) is 3.68. The minimum atomic E-state index is -1.47. The Morgan fingerprint density at radius 2 is 2.11 bits per heavy atom. The largest absolute Gasteiger partial charge is 0.377 e. The van der Waals surface area contributed by atoms with Crippen molar-refractivity contribution in [3.05, 3.63) is 11.6 Å². The Morgan fingerprint density at radius 3 is 2.72 bits per heavy atom. The molecule has 1 saturated carbocycles. The molecule has 0 bridgehead atoms. The molecule has 3 heteroatoms. The summed E-state index contributed by atoms with van der Waals surface area (Å²) in [7, 11) is -1.47. The van der Waals surface area contributed by atoms with Gasteiger partial charge in [0.2, 0.25) is 0 Å². The van der Waals surface area contributed by atoms with Gasteiger partial charge in [-0.15, -0.1) is 5.54 Å². The fraction of sp³-hybridized carbons (Fsp3) is 0.667. The van der Waals surface area contributed by atoms with Crippen molar-refractivity contribution in [3.8, 4) is 11.5 Å². The quantitative estimate of drug-likeness (QED) is 0.538. The van der Waals surface area contributed by atoms with Crippen molar-refractivity contribution in [1.82, 2.24) is 0 Å². The molecule has 2 nitrogen and oxygen atoms in total. The van der Waals surface area contributed by atoms with Gasteiger partial charge in [-0.25, -0.2) is 0 Å². The molecule has 0 heterocycles. The maximum atomic E-state index is 11.6. The van der Waals surface area contributed by atoms with E-state index in [1.807, 2.05) is 0 Å². The van der Waals surface area contributed by atoms with E-state index in [1.165, 1.54) is 0 Å². The number of rotatable bonds is 0. The molecule has 3 atom stereocenters. The first-order chi connectivity index (χ1) is 8.21. The Kier molecular flexibility index (Phi) is 3.29. The number of carbonyl (C=O) groups is 1. The van der Waals surface area contributed by atoms with Gasteiger partial charge in [-0.05, 0) is 24.8 Å². The molecule has 1 fully saturated rings. The normalized spacial score (nSPS) is 35.6. The lowest BCUT2D eigenvalue weighted by atomic mass is 9.74. The van der Waals surface area contributed by atoms with Crippen molar-refractivity contribution in [2.45, 2.75) is 51.4 Å². The molecule has 0 aromatic carbocycles. The van der Waals surface area contributed by atoms with Crippen LogP contribution in [0.2, 0.25) is 19.6 Å². The Bertz CT molecular complexity index is 461. The average molecular weight is 262 g/mol. The highest BCUT2D eigenvalue weighted by Gasteiger charge is 2.48. The molecule has 1 N–H and O–H groups in total. The van der Waals surface area contributed by atoms with E-state index in [0.717, 1.165) is 12.0 Å². The molecular weight excluding hydrogens is 240 g/mol. The monoisotopic (exact) mass is 262 g/mol. The molecule has 18 heavy (non-hydrogen) atoms. The van der Waals surface area contributed by atoms with Crippen LogP contribution < -0.4 is 0 Å². The van der Waals surface area contributed by atoms with Crippen molar-refractivity contribution in [3.63, 3.8) is 0 Å². The van der Waals surface area contributed by atoms with Crippen LogP contribution in [0.4, 0.5) is 0 Å². The lowest BCUT2D eigenvalue weighted by Gasteiger charge is -2.33. The van der Waals surface area contributed by atoms with Gasteiger partial charge in [0.15, 0.2) is 5.78 Å². The van der Waals surface area contributed by atoms with E-state index < -0.39 is 13.7 Å². The zero-order valence-corrected chi connectivity index (χ0v) is 12.7. The van der Waals surface area contributed by atoms with Crippen molar-refractivity contribution in [2.24, 2.45) is 11.8 Å². The number of hydrogen-bond donors (Lipinski definition) is 1. The van der Waals surface area contributed by atoms with Gasteiger partial charge in [0.05, 0.1) is 0 Å². The van der Waals surface area contributed by atoms with E-state index in [4.69, 9.17) is 0 Å². The molecular formula is C15H22O2Si. The molecule has 0 aromatic rings. The van der Waals surface area contributed by atoms with Crippen LogP contribution in [-0.4, -0.2) is 24.6 Å². The minimum absolute atomic E-state index is 0.0686. The zero-order valence-electron chi connectivity index (χ0n) is 11.7. The third-order valence-electron chi connectivity index (χ3n) is 3.80. The summed E-state index contributed by atoms with van der Waals surface area (Å²) in [6.45, 7) is 8.61. The van der Waals surface area contributed by atoms with Gasteiger partial charge in [0, 0.05) is 12.3 Å². The molecule has 2 aliphatic carbocycles. The lowest BCUT2D eigenvalue weighted by Crippen LogP contribution is -2.39. The second kappa shape index (κ2) is 4.36. The molecule has 2 aliphatic rings. The van der Waals surface area contributed by atoms with Gasteiger partial charge in [-0.3, -0.25) is 4.79 Å². The first kappa shape index (κ1) is 13.6. The first-order valence-electron chi connectivity index (χ1n) is 6.71. The fourth-order valence-electron chi connectivity index (χ4n) is 3.09. The summed E-state index contributed by atoms with van der Waals surface area (Å²) in [5, 5.41) is 10.8. The maximum Gasteiger partial charge on any atom is 0.155 e. The molecule has 0 radical (unpaired) electrons. The highest BCUT2D eigenvalue weighted by atomic mass is 28.3. The van der Waals surface area contributed by atoms with Gasteiger partial charge in [-0.2, -0.15) is 0 Å². The molecule has 0 spiro atoms. The number of allylic oxidation sites excluding steroid dienone is 1. The van der Waals surface area contributed by atoms with Crippen molar-refractivity contribution in [1.29, 1.82) is 0 Å². The summed E-state index contributed by atoms with van der Waals surface area (Å²) in [5.74, 6) is 3.64. The Labute approximate surface area is 110 Å². The summed E-state index contributed by atoms with van der Waals surface area (Å²) in [5.41, 5.74) is 3.52. The summed E-state index contributed by atoms with van der Waals surface area (Å²) in [6, 6.07) is 0. The topological polar surface area (TPSA) is 37.3 Å². The van der Waals surface area contributed by atoms with E-state index in [2.05, 4.69) is 38.0 Å². The van der Waals surface area contributed by atoms with Gasteiger partial charge < -0.3 is 5.11 Å². The summed E-state index contributed by atoms with van der Waals surface area (Å²) in [6.07, 6.45) is 3.79. The molecule has 0 saturated heterocycles. The highest BCUT2D eigenvalue weighted by Crippen LogP contribution is 2.47. The van der Waals surface area contributed by atoms with Crippen molar-refractivity contribution < 1.29 is 9.90 Å². The van der Waals surface area contributed by atoms with Gasteiger partial charge >= 0.3 is 0 Å². The van der Waals surface area contributed by atoms with Crippen LogP contribution >= 0.6 is 0 Å². The lowest BCUT2D eigenvalue weighted by molar-refractivity contribution is -0.116. The second-order valence-electron chi connectivity index (χ2n) is 6.77. The van der Waals surface area contributed by atoms with Gasteiger partial charge in [0.1, 0.15) is 13.7 Å². The van der Waals surface area contributed by atoms with E-state index in [9.17, 15) is 9.90 Å². The van der Waals surface area contributed by atoms with Crippen LogP contribution in [-0.2, 0) is 4.79 Å². The molecule has 98 valence electrons. The third kappa shape index (κ3) is 2.60. The van der Waals surface area contributed by atoms with Crippen LogP contribution in [0.1, 0.15) is 26.2 Å². The molecule has 2 rings (SSSR count). The SMILES string of the molecule is CC1CC(=O)C=C2CC[C@@](O)(C#C[Si](C)(C)C)[C@H]21. The minimum Gasteiger partial charge on any atom is -0.377 e. The van der Waals surface area contributed by atoms with Gasteiger partial charge in [0.25, 0.3) is 0 Å². The first-order valence-corrected chi connectivity index (χ1v) is 10.2. The molecule has 0 aliphatic heterocycles. The van der Waals surface area contributed by atoms with Crippen LogP contribution in [0.25, 0.3) is 0 Å². The summed E-state index contributed by atoms with van der Waals surface area (Å²) < 4.78 is 0. The smallest absolute Gasteiger partial charge is 0.155 e. The van der Waals surface area contributed by atoms with Crippen LogP contribution in [0.3, 0.4) is 0 Å². The number of ketones is 1.